The molecule has 7 nitrogen and oxygen atoms in total. The van der Waals surface area contributed by atoms with E-state index in [4.69, 9.17) is 4.42 Å². The number of nitrogens with zero attached hydrogens (tertiary/aromatic N) is 1. The van der Waals surface area contributed by atoms with Crippen LogP contribution < -0.4 is 5.43 Å². The molecule has 0 amide bonds. The molecule has 18 heavy (non-hydrogen) atoms. The van der Waals surface area contributed by atoms with Crippen LogP contribution in [-0.4, -0.2) is 18.0 Å². The Labute approximate surface area is 99.7 Å². The highest BCUT2D eigenvalue weighted by Gasteiger charge is 2.16. The van der Waals surface area contributed by atoms with Crippen LogP contribution in [0.15, 0.2) is 33.7 Å². The van der Waals surface area contributed by atoms with Crippen molar-refractivity contribution >= 4 is 22.6 Å². The minimum absolute atomic E-state index is 0.0351. The van der Waals surface area contributed by atoms with Crippen LogP contribution in [0.2, 0.25) is 0 Å². The van der Waals surface area contributed by atoms with Gasteiger partial charge in [0.2, 0.25) is 5.43 Å². The van der Waals surface area contributed by atoms with E-state index in [0.29, 0.717) is 0 Å². The lowest BCUT2D eigenvalue weighted by atomic mass is 10.1. The van der Waals surface area contributed by atoms with Crippen molar-refractivity contribution < 1.29 is 18.9 Å². The van der Waals surface area contributed by atoms with Crippen molar-refractivity contribution in [1.82, 2.24) is 0 Å². The fourth-order valence-electron chi connectivity index (χ4n) is 1.48. The molecule has 0 aliphatic carbocycles. The number of hydrogen-bond acceptors (Lipinski definition) is 6. The first-order chi connectivity index (χ1) is 8.54. The lowest BCUT2D eigenvalue weighted by molar-refractivity contribution is -0.384. The maximum absolute atomic E-state index is 11.9. The zero-order valence-corrected chi connectivity index (χ0v) is 9.21. The van der Waals surface area contributed by atoms with E-state index < -0.39 is 16.3 Å². The molecular formula is C11H7NO6. The maximum Gasteiger partial charge on any atom is 0.345 e. The zero-order valence-electron chi connectivity index (χ0n) is 9.21. The second kappa shape index (κ2) is 4.28. The highest BCUT2D eigenvalue weighted by Crippen LogP contribution is 2.18. The molecule has 0 aliphatic rings. The largest absolute Gasteiger partial charge is 0.465 e. The summed E-state index contributed by atoms with van der Waals surface area (Å²) in [5, 5.41) is 10.6. The van der Waals surface area contributed by atoms with E-state index >= 15 is 0 Å². The first kappa shape index (κ1) is 11.8. The monoisotopic (exact) mass is 249 g/mol. The number of nitro groups is 1. The Balaban J connectivity index is 2.75. The molecule has 7 heteroatoms. The van der Waals surface area contributed by atoms with Gasteiger partial charge in [-0.1, -0.05) is 0 Å². The molecule has 0 fully saturated rings. The van der Waals surface area contributed by atoms with Crippen LogP contribution in [0, 0.1) is 10.1 Å². The predicted molar refractivity (Wildman–Crippen MR) is 60.5 cm³/mol. The Morgan fingerprint density at radius 3 is 2.78 bits per heavy atom. The van der Waals surface area contributed by atoms with Crippen LogP contribution in [0.5, 0.6) is 0 Å². The van der Waals surface area contributed by atoms with Crippen LogP contribution in [0.25, 0.3) is 11.0 Å². The van der Waals surface area contributed by atoms with Crippen molar-refractivity contribution in [2.45, 2.75) is 0 Å². The first-order valence-corrected chi connectivity index (χ1v) is 4.83. The lowest BCUT2D eigenvalue weighted by Gasteiger charge is -2.00. The van der Waals surface area contributed by atoms with Gasteiger partial charge in [0.15, 0.2) is 0 Å². The van der Waals surface area contributed by atoms with Gasteiger partial charge in [0.05, 0.1) is 17.4 Å². The molecule has 1 aromatic heterocycles. The van der Waals surface area contributed by atoms with Gasteiger partial charge in [-0.15, -0.1) is 0 Å². The number of fused-ring (bicyclic) bond motifs is 1. The molecule has 2 aromatic rings. The summed E-state index contributed by atoms with van der Waals surface area (Å²) in [5.74, 6) is -0.850. The number of esters is 1. The Hall–Kier alpha value is -2.70. The van der Waals surface area contributed by atoms with Crippen molar-refractivity contribution in [3.63, 3.8) is 0 Å². The summed E-state index contributed by atoms with van der Waals surface area (Å²) >= 11 is 0. The molecule has 0 unspecified atom stereocenters. The van der Waals surface area contributed by atoms with Crippen LogP contribution in [0.4, 0.5) is 5.69 Å². The number of hydrogen-bond donors (Lipinski definition) is 0. The molecule has 0 bridgehead atoms. The number of methoxy groups -OCH3 is 1. The quantitative estimate of drug-likeness (QED) is 0.454. The molecule has 0 saturated heterocycles. The van der Waals surface area contributed by atoms with Crippen LogP contribution in [0.3, 0.4) is 0 Å². The number of carbonyl (C=O) groups excluding carboxylic acids is 1. The molecular weight excluding hydrogens is 242 g/mol. The Kier molecular flexibility index (Phi) is 2.80. The first-order valence-electron chi connectivity index (χ1n) is 4.83. The van der Waals surface area contributed by atoms with Gasteiger partial charge in [0, 0.05) is 12.1 Å². The molecule has 2 rings (SSSR count). The third-order valence-electron chi connectivity index (χ3n) is 2.37. The number of ether oxygens (including phenoxy) is 1. The van der Waals surface area contributed by atoms with Gasteiger partial charge < -0.3 is 9.15 Å². The van der Waals surface area contributed by atoms with Crippen molar-refractivity contribution in [2.75, 3.05) is 7.11 Å². The van der Waals surface area contributed by atoms with Crippen molar-refractivity contribution in [2.24, 2.45) is 0 Å². The fraction of sp³-hybridized carbons (Fsp3) is 0.0909. The van der Waals surface area contributed by atoms with Gasteiger partial charge >= 0.3 is 5.97 Å². The molecule has 0 atom stereocenters. The highest BCUT2D eigenvalue weighted by molar-refractivity contribution is 5.93. The third-order valence-corrected chi connectivity index (χ3v) is 2.37. The van der Waals surface area contributed by atoms with Crippen molar-refractivity contribution in [3.05, 3.63) is 50.4 Å². The van der Waals surface area contributed by atoms with E-state index in [9.17, 15) is 19.7 Å². The number of rotatable bonds is 2. The van der Waals surface area contributed by atoms with Gasteiger partial charge in [-0.25, -0.2) is 4.79 Å². The minimum Gasteiger partial charge on any atom is -0.465 e. The molecule has 0 radical (unpaired) electrons. The summed E-state index contributed by atoms with van der Waals surface area (Å²) < 4.78 is 9.47. The van der Waals surface area contributed by atoms with Gasteiger partial charge in [0.25, 0.3) is 5.69 Å². The molecule has 1 aromatic carbocycles. The lowest BCUT2D eigenvalue weighted by Crippen LogP contribution is -2.15. The Morgan fingerprint density at radius 2 is 2.17 bits per heavy atom. The molecule has 0 aliphatic heterocycles. The van der Waals surface area contributed by atoms with Gasteiger partial charge in [-0.3, -0.25) is 14.9 Å². The smallest absolute Gasteiger partial charge is 0.345 e. The number of nitro benzene ring substituents is 1. The predicted octanol–water partition coefficient (Wildman–Crippen LogP) is 1.49. The highest BCUT2D eigenvalue weighted by atomic mass is 16.6. The van der Waals surface area contributed by atoms with Crippen molar-refractivity contribution in [3.8, 4) is 0 Å². The summed E-state index contributed by atoms with van der Waals surface area (Å²) in [5.41, 5.74) is -1.05. The average Bonchev–Trinajstić information content (AvgIpc) is 2.38. The molecule has 92 valence electrons. The second-order valence-electron chi connectivity index (χ2n) is 3.41. The SMILES string of the molecule is COC(=O)c1coc2ccc([N+](=O)[O-])cc2c1=O. The summed E-state index contributed by atoms with van der Waals surface area (Å²) in [6.07, 6.45) is 0.975. The minimum atomic E-state index is -0.850. The summed E-state index contributed by atoms with van der Waals surface area (Å²) in [6, 6.07) is 3.58. The molecule has 0 saturated carbocycles. The van der Waals surface area contributed by atoms with Crippen LogP contribution in [0.1, 0.15) is 10.4 Å². The summed E-state index contributed by atoms with van der Waals surface area (Å²) in [4.78, 5) is 33.2. The average molecular weight is 249 g/mol. The second-order valence-corrected chi connectivity index (χ2v) is 3.41. The third kappa shape index (κ3) is 1.81. The molecule has 0 N–H and O–H groups in total. The number of carbonyl (C=O) groups is 1. The van der Waals surface area contributed by atoms with Crippen LogP contribution >= 0.6 is 0 Å². The van der Waals surface area contributed by atoms with Crippen molar-refractivity contribution in [1.29, 1.82) is 0 Å². The zero-order chi connectivity index (χ0) is 13.3. The standard InChI is InChI=1S/C11H7NO6/c1-17-11(14)8-5-18-9-3-2-6(12(15)16)4-7(9)10(8)13/h2-5H,1H3. The van der Waals surface area contributed by atoms with Crippen LogP contribution in [-0.2, 0) is 4.74 Å². The van der Waals surface area contributed by atoms with E-state index in [1.807, 2.05) is 0 Å². The molecule has 0 spiro atoms. The number of benzene rings is 1. The van der Waals surface area contributed by atoms with E-state index in [1.165, 1.54) is 12.1 Å². The van der Waals surface area contributed by atoms with E-state index in [2.05, 4.69) is 4.74 Å². The van der Waals surface area contributed by atoms with E-state index in [1.54, 1.807) is 0 Å². The Bertz CT molecular complexity index is 702. The summed E-state index contributed by atoms with van der Waals surface area (Å²) in [7, 11) is 1.12. The van der Waals surface area contributed by atoms with Gasteiger partial charge in [-0.05, 0) is 6.07 Å². The normalized spacial score (nSPS) is 10.3. The van der Waals surface area contributed by atoms with Gasteiger partial charge in [0.1, 0.15) is 17.4 Å². The van der Waals surface area contributed by atoms with Gasteiger partial charge in [-0.2, -0.15) is 0 Å². The van der Waals surface area contributed by atoms with E-state index in [0.717, 1.165) is 19.4 Å². The fourth-order valence-corrected chi connectivity index (χ4v) is 1.48. The topological polar surface area (TPSA) is 99.7 Å². The number of non-ortho nitro benzene ring substituents is 1. The molecule has 1 heterocycles. The Morgan fingerprint density at radius 1 is 1.44 bits per heavy atom. The van der Waals surface area contributed by atoms with E-state index in [-0.39, 0.29) is 22.2 Å². The maximum atomic E-state index is 11.9. The summed E-state index contributed by atoms with van der Waals surface area (Å²) in [6.45, 7) is 0.